The molecule has 0 heterocycles. The lowest BCUT2D eigenvalue weighted by Crippen LogP contribution is -2.13. The summed E-state index contributed by atoms with van der Waals surface area (Å²) in [6.45, 7) is 0.548. The van der Waals surface area contributed by atoms with E-state index in [4.69, 9.17) is 11.0 Å². The maximum atomic E-state index is 13.0. The summed E-state index contributed by atoms with van der Waals surface area (Å²) >= 11 is 0. The predicted molar refractivity (Wildman–Crippen MR) is 78.3 cm³/mol. The number of carbonyl (C=O) groups is 1. The molecule has 21 heavy (non-hydrogen) atoms. The molecule has 0 saturated heterocycles. The van der Waals surface area contributed by atoms with Crippen LogP contribution in [0, 0.1) is 17.1 Å². The number of nitriles is 1. The van der Waals surface area contributed by atoms with Crippen LogP contribution in [0.3, 0.4) is 0 Å². The molecular formula is C16H14FN3O. The maximum absolute atomic E-state index is 13.0. The van der Waals surface area contributed by atoms with Crippen LogP contribution < -0.4 is 11.1 Å². The number of benzene rings is 2. The van der Waals surface area contributed by atoms with Gasteiger partial charge in [0.1, 0.15) is 11.9 Å². The summed E-state index contributed by atoms with van der Waals surface area (Å²) < 4.78 is 13.0. The Hall–Kier alpha value is -2.71. The van der Waals surface area contributed by atoms with Crippen molar-refractivity contribution in [3.8, 4) is 6.07 Å². The molecule has 0 atom stereocenters. The molecule has 0 aliphatic rings. The van der Waals surface area contributed by atoms with Crippen molar-refractivity contribution < 1.29 is 9.18 Å². The highest BCUT2D eigenvalue weighted by Gasteiger charge is 2.10. The summed E-state index contributed by atoms with van der Waals surface area (Å²) in [5.74, 6) is -0.868. The number of hydrogen-bond acceptors (Lipinski definition) is 3. The maximum Gasteiger partial charge on any atom is 0.255 e. The lowest BCUT2D eigenvalue weighted by Gasteiger charge is -2.07. The fourth-order valence-electron chi connectivity index (χ4n) is 1.90. The molecule has 2 aromatic carbocycles. The molecule has 0 spiro atoms. The molecule has 0 radical (unpaired) electrons. The van der Waals surface area contributed by atoms with Gasteiger partial charge in [0.15, 0.2) is 0 Å². The molecule has 0 unspecified atom stereocenters. The molecule has 2 aromatic rings. The smallest absolute Gasteiger partial charge is 0.255 e. The predicted octanol–water partition coefficient (Wildman–Crippen LogP) is 2.45. The topological polar surface area (TPSA) is 78.9 Å². The number of hydrogen-bond donors (Lipinski definition) is 2. The van der Waals surface area contributed by atoms with E-state index in [9.17, 15) is 9.18 Å². The van der Waals surface area contributed by atoms with Crippen LogP contribution in [-0.2, 0) is 6.42 Å². The van der Waals surface area contributed by atoms with E-state index in [0.29, 0.717) is 12.1 Å². The van der Waals surface area contributed by atoms with Crippen molar-refractivity contribution in [2.45, 2.75) is 6.42 Å². The third kappa shape index (κ3) is 3.65. The number of anilines is 1. The molecule has 0 saturated carbocycles. The first-order valence-corrected chi connectivity index (χ1v) is 6.44. The fraction of sp³-hybridized carbons (Fsp3) is 0.125. The summed E-state index contributed by atoms with van der Waals surface area (Å²) in [5, 5.41) is 11.5. The van der Waals surface area contributed by atoms with Gasteiger partial charge in [-0.1, -0.05) is 12.1 Å². The van der Waals surface area contributed by atoms with E-state index in [1.54, 1.807) is 12.1 Å². The first-order valence-electron chi connectivity index (χ1n) is 6.44. The average Bonchev–Trinajstić information content (AvgIpc) is 2.50. The highest BCUT2D eigenvalue weighted by molar-refractivity contribution is 6.04. The number of amides is 1. The van der Waals surface area contributed by atoms with Crippen LogP contribution in [0.15, 0.2) is 42.5 Å². The lowest BCUT2D eigenvalue weighted by atomic mass is 10.1. The minimum absolute atomic E-state index is 0.0862. The second-order valence-corrected chi connectivity index (χ2v) is 4.49. The molecule has 106 valence electrons. The van der Waals surface area contributed by atoms with E-state index in [0.717, 1.165) is 18.1 Å². The van der Waals surface area contributed by atoms with Gasteiger partial charge in [-0.25, -0.2) is 4.39 Å². The summed E-state index contributed by atoms with van der Waals surface area (Å²) in [5.41, 5.74) is 7.35. The van der Waals surface area contributed by atoms with Gasteiger partial charge in [0.05, 0.1) is 11.3 Å². The van der Waals surface area contributed by atoms with E-state index >= 15 is 0 Å². The van der Waals surface area contributed by atoms with Gasteiger partial charge in [-0.15, -0.1) is 0 Å². The second kappa shape index (κ2) is 6.64. The normalized spacial score (nSPS) is 9.95. The molecule has 0 aromatic heterocycles. The highest BCUT2D eigenvalue weighted by atomic mass is 19.1. The quantitative estimate of drug-likeness (QED) is 0.904. The standard InChI is InChI=1S/C16H14FN3O/c17-14-5-6-15(13(9-14)10-19)20-16(21)12-3-1-11(2-4-12)7-8-18/h1-6,9H,7-8,18H2,(H,20,21). The summed E-state index contributed by atoms with van der Waals surface area (Å²) in [7, 11) is 0. The molecule has 2 rings (SSSR count). The van der Waals surface area contributed by atoms with Gasteiger partial charge < -0.3 is 11.1 Å². The SMILES string of the molecule is N#Cc1cc(F)ccc1NC(=O)c1ccc(CCN)cc1. The number of nitrogens with one attached hydrogen (secondary N) is 1. The van der Waals surface area contributed by atoms with Gasteiger partial charge in [-0.2, -0.15) is 5.26 Å². The minimum atomic E-state index is -0.518. The minimum Gasteiger partial charge on any atom is -0.330 e. The van der Waals surface area contributed by atoms with E-state index in [1.807, 2.05) is 18.2 Å². The van der Waals surface area contributed by atoms with Crippen LogP contribution in [0.25, 0.3) is 0 Å². The molecule has 4 nitrogen and oxygen atoms in total. The number of rotatable bonds is 4. The summed E-state index contributed by atoms with van der Waals surface area (Å²) in [6.07, 6.45) is 0.748. The van der Waals surface area contributed by atoms with Gasteiger partial charge in [-0.3, -0.25) is 4.79 Å². The Labute approximate surface area is 122 Å². The van der Waals surface area contributed by atoms with Gasteiger partial charge in [0, 0.05) is 5.56 Å². The molecule has 0 fully saturated rings. The van der Waals surface area contributed by atoms with Gasteiger partial charge in [0.25, 0.3) is 5.91 Å². The van der Waals surface area contributed by atoms with Crippen molar-refractivity contribution in [3.05, 3.63) is 65.0 Å². The fourth-order valence-corrected chi connectivity index (χ4v) is 1.90. The zero-order chi connectivity index (χ0) is 15.2. The zero-order valence-electron chi connectivity index (χ0n) is 11.3. The van der Waals surface area contributed by atoms with Crippen LogP contribution in [0.5, 0.6) is 0 Å². The summed E-state index contributed by atoms with van der Waals surface area (Å²) in [4.78, 5) is 12.1. The van der Waals surface area contributed by atoms with Crippen LogP contribution >= 0.6 is 0 Å². The monoisotopic (exact) mass is 283 g/mol. The van der Waals surface area contributed by atoms with Gasteiger partial charge in [0.2, 0.25) is 0 Å². The molecular weight excluding hydrogens is 269 g/mol. The lowest BCUT2D eigenvalue weighted by molar-refractivity contribution is 0.102. The van der Waals surface area contributed by atoms with E-state index in [1.165, 1.54) is 12.1 Å². The van der Waals surface area contributed by atoms with Crippen molar-refractivity contribution in [1.29, 1.82) is 5.26 Å². The van der Waals surface area contributed by atoms with Crippen molar-refractivity contribution in [3.63, 3.8) is 0 Å². The van der Waals surface area contributed by atoms with Crippen molar-refractivity contribution >= 4 is 11.6 Å². The third-order valence-corrected chi connectivity index (χ3v) is 3.00. The molecule has 0 aliphatic heterocycles. The molecule has 0 aliphatic carbocycles. The van der Waals surface area contributed by atoms with E-state index < -0.39 is 5.82 Å². The van der Waals surface area contributed by atoms with Crippen LogP contribution in [-0.4, -0.2) is 12.5 Å². The number of halogens is 1. The Morgan fingerprint density at radius 2 is 1.95 bits per heavy atom. The largest absolute Gasteiger partial charge is 0.330 e. The van der Waals surface area contributed by atoms with Crippen LogP contribution in [0.4, 0.5) is 10.1 Å². The van der Waals surface area contributed by atoms with Crippen LogP contribution in [0.2, 0.25) is 0 Å². The number of carbonyl (C=O) groups excluding carboxylic acids is 1. The summed E-state index contributed by atoms with van der Waals surface area (Å²) in [6, 6.07) is 12.5. The Bertz CT molecular complexity index is 690. The van der Waals surface area contributed by atoms with E-state index in [2.05, 4.69) is 5.32 Å². The van der Waals surface area contributed by atoms with E-state index in [-0.39, 0.29) is 17.2 Å². The van der Waals surface area contributed by atoms with Crippen molar-refractivity contribution in [2.75, 3.05) is 11.9 Å². The highest BCUT2D eigenvalue weighted by Crippen LogP contribution is 2.17. The molecule has 0 bridgehead atoms. The van der Waals surface area contributed by atoms with Crippen molar-refractivity contribution in [2.24, 2.45) is 5.73 Å². The van der Waals surface area contributed by atoms with Crippen molar-refractivity contribution in [1.82, 2.24) is 0 Å². The number of nitrogens with zero attached hydrogens (tertiary/aromatic N) is 1. The first-order chi connectivity index (χ1) is 10.1. The van der Waals surface area contributed by atoms with Gasteiger partial charge in [-0.05, 0) is 48.9 Å². The Morgan fingerprint density at radius 3 is 2.57 bits per heavy atom. The average molecular weight is 283 g/mol. The Balaban J connectivity index is 2.16. The molecule has 5 heteroatoms. The van der Waals surface area contributed by atoms with Crippen LogP contribution in [0.1, 0.15) is 21.5 Å². The Kier molecular flexibility index (Phi) is 4.64. The van der Waals surface area contributed by atoms with Gasteiger partial charge >= 0.3 is 0 Å². The number of nitrogens with two attached hydrogens (primary N) is 1. The zero-order valence-corrected chi connectivity index (χ0v) is 11.3. The third-order valence-electron chi connectivity index (χ3n) is 3.00. The molecule has 1 amide bonds. The second-order valence-electron chi connectivity index (χ2n) is 4.49. The Morgan fingerprint density at radius 1 is 1.24 bits per heavy atom. The molecule has 3 N–H and O–H groups in total. The first kappa shape index (κ1) is 14.7.